The predicted molar refractivity (Wildman–Crippen MR) is 75.8 cm³/mol. The van der Waals surface area contributed by atoms with Crippen molar-refractivity contribution in [2.45, 2.75) is 33.2 Å². The summed E-state index contributed by atoms with van der Waals surface area (Å²) in [4.78, 5) is 0. The topological polar surface area (TPSA) is 25.2 Å². The quantitative estimate of drug-likeness (QED) is 0.885. The molecular weight excluding hydrogens is 222 g/mol. The van der Waals surface area contributed by atoms with E-state index in [2.05, 4.69) is 56.4 Å². The van der Waals surface area contributed by atoms with E-state index in [1.807, 2.05) is 7.05 Å². The van der Waals surface area contributed by atoms with Gasteiger partial charge in [0.25, 0.3) is 0 Å². The second kappa shape index (κ2) is 5.40. The Balaban J connectivity index is 2.23. The number of likely N-dealkylation sites (N-methyl/N-ethyl adjacent to an activating group) is 1. The molecule has 1 aromatic heterocycles. The van der Waals surface area contributed by atoms with Gasteiger partial charge >= 0.3 is 0 Å². The van der Waals surface area contributed by atoms with Crippen molar-refractivity contribution in [2.24, 2.45) is 0 Å². The van der Waals surface area contributed by atoms with Crippen LogP contribution in [0.2, 0.25) is 0 Å². The molecule has 0 aliphatic heterocycles. The molecule has 1 aromatic carbocycles. The first-order valence-electron chi connectivity index (χ1n) is 6.43. The Morgan fingerprint density at radius 1 is 1.11 bits per heavy atom. The number of hydrogen-bond acceptors (Lipinski definition) is 2. The van der Waals surface area contributed by atoms with E-state index >= 15 is 0 Å². The largest absolute Gasteiger partial charge is 0.461 e. The summed E-state index contributed by atoms with van der Waals surface area (Å²) in [7, 11) is 1.97. The van der Waals surface area contributed by atoms with E-state index in [-0.39, 0.29) is 0 Å². The molecule has 2 nitrogen and oxygen atoms in total. The first-order chi connectivity index (χ1) is 8.58. The third kappa shape index (κ3) is 3.02. The summed E-state index contributed by atoms with van der Waals surface area (Å²) in [5, 5.41) is 3.22. The molecule has 1 atom stereocenters. The molecule has 0 saturated carbocycles. The van der Waals surface area contributed by atoms with Gasteiger partial charge in [0.1, 0.15) is 11.5 Å². The Labute approximate surface area is 109 Å². The highest BCUT2D eigenvalue weighted by atomic mass is 16.3. The van der Waals surface area contributed by atoms with Crippen molar-refractivity contribution in [1.82, 2.24) is 5.32 Å². The number of aryl methyl sites for hydroxylation is 2. The SMILES string of the molecule is CNC(C)Cc1ccc(-c2cc(C)cc(C)c2)o1. The Morgan fingerprint density at radius 2 is 1.78 bits per heavy atom. The lowest BCUT2D eigenvalue weighted by Crippen LogP contribution is -2.23. The number of nitrogens with one attached hydrogen (secondary N) is 1. The summed E-state index contributed by atoms with van der Waals surface area (Å²) < 4.78 is 5.91. The highest BCUT2D eigenvalue weighted by molar-refractivity contribution is 5.59. The van der Waals surface area contributed by atoms with Crippen LogP contribution in [0.1, 0.15) is 23.8 Å². The van der Waals surface area contributed by atoms with Crippen molar-refractivity contribution in [2.75, 3.05) is 7.05 Å². The molecule has 0 amide bonds. The summed E-state index contributed by atoms with van der Waals surface area (Å²) in [5.41, 5.74) is 3.70. The number of hydrogen-bond donors (Lipinski definition) is 1. The van der Waals surface area contributed by atoms with Gasteiger partial charge in [0.05, 0.1) is 0 Å². The first-order valence-corrected chi connectivity index (χ1v) is 6.43. The van der Waals surface area contributed by atoms with Gasteiger partial charge < -0.3 is 9.73 Å². The molecule has 18 heavy (non-hydrogen) atoms. The Hall–Kier alpha value is -1.54. The fourth-order valence-corrected chi connectivity index (χ4v) is 2.16. The zero-order valence-corrected chi connectivity index (χ0v) is 11.6. The minimum Gasteiger partial charge on any atom is -0.461 e. The summed E-state index contributed by atoms with van der Waals surface area (Å²) >= 11 is 0. The molecule has 1 N–H and O–H groups in total. The molecule has 0 saturated heterocycles. The summed E-state index contributed by atoms with van der Waals surface area (Å²) in [6.07, 6.45) is 0.918. The lowest BCUT2D eigenvalue weighted by atomic mass is 10.1. The van der Waals surface area contributed by atoms with Gasteiger partial charge in [-0.25, -0.2) is 0 Å². The van der Waals surface area contributed by atoms with E-state index in [1.165, 1.54) is 11.1 Å². The second-order valence-electron chi connectivity index (χ2n) is 5.04. The molecular formula is C16H21NO. The van der Waals surface area contributed by atoms with E-state index in [1.54, 1.807) is 0 Å². The van der Waals surface area contributed by atoms with Gasteiger partial charge in [-0.3, -0.25) is 0 Å². The first kappa shape index (κ1) is 12.9. The van der Waals surface area contributed by atoms with Crippen LogP contribution >= 0.6 is 0 Å². The van der Waals surface area contributed by atoms with Crippen LogP contribution in [0.15, 0.2) is 34.7 Å². The third-order valence-electron chi connectivity index (χ3n) is 3.17. The van der Waals surface area contributed by atoms with Crippen molar-refractivity contribution in [1.29, 1.82) is 0 Å². The average Bonchev–Trinajstić information content (AvgIpc) is 2.76. The number of rotatable bonds is 4. The van der Waals surface area contributed by atoms with Gasteiger partial charge in [-0.2, -0.15) is 0 Å². The molecule has 2 rings (SSSR count). The molecule has 0 aliphatic rings. The van der Waals surface area contributed by atoms with Crippen LogP contribution in [-0.2, 0) is 6.42 Å². The lowest BCUT2D eigenvalue weighted by molar-refractivity contribution is 0.481. The van der Waals surface area contributed by atoms with Crippen molar-refractivity contribution >= 4 is 0 Å². The van der Waals surface area contributed by atoms with Gasteiger partial charge in [-0.05, 0) is 52.1 Å². The molecule has 1 unspecified atom stereocenters. The van der Waals surface area contributed by atoms with Crippen LogP contribution < -0.4 is 5.32 Å². The van der Waals surface area contributed by atoms with Crippen molar-refractivity contribution in [3.05, 3.63) is 47.2 Å². The summed E-state index contributed by atoms with van der Waals surface area (Å²) in [5.74, 6) is 1.99. The number of furan rings is 1. The Bertz CT molecular complexity index is 507. The molecule has 2 aromatic rings. The molecule has 2 heteroatoms. The summed E-state index contributed by atoms with van der Waals surface area (Å²) in [6.45, 7) is 6.38. The smallest absolute Gasteiger partial charge is 0.134 e. The molecule has 0 spiro atoms. The molecule has 96 valence electrons. The monoisotopic (exact) mass is 243 g/mol. The van der Waals surface area contributed by atoms with E-state index in [0.29, 0.717) is 6.04 Å². The van der Waals surface area contributed by atoms with E-state index in [0.717, 1.165) is 23.5 Å². The number of benzene rings is 1. The van der Waals surface area contributed by atoms with Crippen LogP contribution in [0.5, 0.6) is 0 Å². The van der Waals surface area contributed by atoms with E-state index in [9.17, 15) is 0 Å². The van der Waals surface area contributed by atoms with Gasteiger partial charge in [0.2, 0.25) is 0 Å². The fourth-order valence-electron chi connectivity index (χ4n) is 2.16. The highest BCUT2D eigenvalue weighted by Gasteiger charge is 2.08. The predicted octanol–water partition coefficient (Wildman–Crippen LogP) is 3.71. The van der Waals surface area contributed by atoms with Gasteiger partial charge in [0, 0.05) is 18.0 Å². The summed E-state index contributed by atoms with van der Waals surface area (Å²) in [6, 6.07) is 11.1. The standard InChI is InChI=1S/C16H21NO/c1-11-7-12(2)9-14(8-11)16-6-5-15(18-16)10-13(3)17-4/h5-9,13,17H,10H2,1-4H3. The average molecular weight is 243 g/mol. The molecule has 0 bridgehead atoms. The van der Waals surface area contributed by atoms with E-state index in [4.69, 9.17) is 4.42 Å². The second-order valence-corrected chi connectivity index (χ2v) is 5.04. The van der Waals surface area contributed by atoms with E-state index < -0.39 is 0 Å². The molecule has 0 aliphatic carbocycles. The van der Waals surface area contributed by atoms with Gasteiger partial charge in [0.15, 0.2) is 0 Å². The third-order valence-corrected chi connectivity index (χ3v) is 3.17. The molecule has 1 heterocycles. The van der Waals surface area contributed by atoms with Crippen LogP contribution in [0.25, 0.3) is 11.3 Å². The van der Waals surface area contributed by atoms with Crippen molar-refractivity contribution in [3.63, 3.8) is 0 Å². The Morgan fingerprint density at radius 3 is 2.39 bits per heavy atom. The highest BCUT2D eigenvalue weighted by Crippen LogP contribution is 2.25. The zero-order chi connectivity index (χ0) is 13.1. The van der Waals surface area contributed by atoms with Gasteiger partial charge in [-0.15, -0.1) is 0 Å². The lowest BCUT2D eigenvalue weighted by Gasteiger charge is -2.07. The van der Waals surface area contributed by atoms with Gasteiger partial charge in [-0.1, -0.05) is 17.2 Å². The maximum atomic E-state index is 5.91. The normalized spacial score (nSPS) is 12.7. The maximum Gasteiger partial charge on any atom is 0.134 e. The van der Waals surface area contributed by atoms with Crippen LogP contribution in [-0.4, -0.2) is 13.1 Å². The minimum absolute atomic E-state index is 0.434. The maximum absolute atomic E-state index is 5.91. The fraction of sp³-hybridized carbons (Fsp3) is 0.375. The van der Waals surface area contributed by atoms with Crippen LogP contribution in [0, 0.1) is 13.8 Å². The molecule has 0 fully saturated rings. The van der Waals surface area contributed by atoms with Crippen LogP contribution in [0.3, 0.4) is 0 Å². The Kier molecular flexibility index (Phi) is 3.87. The van der Waals surface area contributed by atoms with Crippen LogP contribution in [0.4, 0.5) is 0 Å². The zero-order valence-electron chi connectivity index (χ0n) is 11.6. The molecule has 0 radical (unpaired) electrons. The van der Waals surface area contributed by atoms with Crippen molar-refractivity contribution in [3.8, 4) is 11.3 Å². The van der Waals surface area contributed by atoms with Crippen molar-refractivity contribution < 1.29 is 4.42 Å². The minimum atomic E-state index is 0.434.